The average Bonchev–Trinajstić information content (AvgIpc) is 2.66. The average molecular weight is 280 g/mol. The zero-order valence-electron chi connectivity index (χ0n) is 12.0. The van der Waals surface area contributed by atoms with Crippen molar-refractivity contribution in [2.75, 3.05) is 4.90 Å². The fraction of sp³-hybridized carbons (Fsp3) is 0.176. The minimum Gasteiger partial charge on any atom is -0.356 e. The zero-order chi connectivity index (χ0) is 14.9. The highest BCUT2D eigenvalue weighted by Gasteiger charge is 2.44. The molecule has 1 aromatic rings. The van der Waals surface area contributed by atoms with E-state index in [0.29, 0.717) is 5.84 Å². The van der Waals surface area contributed by atoms with Crippen molar-refractivity contribution in [3.8, 4) is 0 Å². The van der Waals surface area contributed by atoms with Crippen molar-refractivity contribution in [3.05, 3.63) is 66.3 Å². The molecule has 3 rings (SSSR count). The van der Waals surface area contributed by atoms with E-state index in [0.717, 1.165) is 11.3 Å². The molecule has 1 aromatic carbocycles. The van der Waals surface area contributed by atoms with Crippen molar-refractivity contribution in [2.45, 2.75) is 19.6 Å². The summed E-state index contributed by atoms with van der Waals surface area (Å²) in [6, 6.07) is 7.93. The van der Waals surface area contributed by atoms with E-state index in [1.54, 1.807) is 0 Å². The van der Waals surface area contributed by atoms with Crippen molar-refractivity contribution in [1.82, 2.24) is 0 Å². The molecule has 1 aliphatic carbocycles. The Labute approximate surface area is 123 Å². The molecule has 21 heavy (non-hydrogen) atoms. The summed E-state index contributed by atoms with van der Waals surface area (Å²) in [5.74, 6) is 0.168. The molecule has 1 spiro atoms. The van der Waals surface area contributed by atoms with Gasteiger partial charge in [-0.2, -0.15) is 0 Å². The second kappa shape index (κ2) is 5.05. The van der Waals surface area contributed by atoms with Crippen molar-refractivity contribution in [2.24, 2.45) is 5.16 Å². The van der Waals surface area contributed by atoms with E-state index in [4.69, 9.17) is 4.84 Å². The van der Waals surface area contributed by atoms with Crippen LogP contribution in [0.15, 0.2) is 65.9 Å². The number of allylic oxidation sites excluding steroid dienone is 4. The van der Waals surface area contributed by atoms with Crippen LogP contribution in [0.3, 0.4) is 0 Å². The molecule has 0 radical (unpaired) electrons. The maximum absolute atomic E-state index is 11.9. The molecular formula is C17H16N2O2. The lowest BCUT2D eigenvalue weighted by Crippen LogP contribution is -2.48. The van der Waals surface area contributed by atoms with Gasteiger partial charge in [-0.1, -0.05) is 47.2 Å². The molecule has 1 aliphatic heterocycles. The first-order chi connectivity index (χ1) is 10.1. The summed E-state index contributed by atoms with van der Waals surface area (Å²) in [5.41, 5.74) is 1.13. The normalized spacial score (nSPS) is 18.6. The molecule has 0 saturated heterocycles. The third kappa shape index (κ3) is 2.29. The molecule has 4 heteroatoms. The smallest absolute Gasteiger partial charge is 0.254 e. The highest BCUT2D eigenvalue weighted by molar-refractivity contribution is 6.43. The number of oxime groups is 1. The summed E-state index contributed by atoms with van der Waals surface area (Å²) in [6.45, 7) is 3.51. The predicted molar refractivity (Wildman–Crippen MR) is 83.0 cm³/mol. The molecule has 2 aliphatic rings. The van der Waals surface area contributed by atoms with Gasteiger partial charge in [0, 0.05) is 12.6 Å². The number of nitrogens with zero attached hydrogens (tertiary/aromatic N) is 2. The molecule has 0 bridgehead atoms. The molecule has 0 atom stereocenters. The third-order valence-corrected chi connectivity index (χ3v) is 3.45. The third-order valence-electron chi connectivity index (χ3n) is 3.45. The standard InChI is InChI=1S/C17H16N2O2/c1-13-7-9-15(10-8-13)19-16(14(2)20)18-21-17(19)11-5-3-4-6-12-17/h3-12H,1-2H3. The Kier molecular flexibility index (Phi) is 3.22. The van der Waals surface area contributed by atoms with E-state index in [1.807, 2.05) is 72.5 Å². The highest BCUT2D eigenvalue weighted by Crippen LogP contribution is 2.34. The monoisotopic (exact) mass is 280 g/mol. The van der Waals surface area contributed by atoms with E-state index >= 15 is 0 Å². The first kappa shape index (κ1) is 13.4. The minimum atomic E-state index is -0.889. The Morgan fingerprint density at radius 2 is 1.71 bits per heavy atom. The number of aryl methyl sites for hydroxylation is 1. The minimum absolute atomic E-state index is 0.133. The molecule has 0 unspecified atom stereocenters. The molecule has 0 fully saturated rings. The molecule has 0 amide bonds. The maximum Gasteiger partial charge on any atom is 0.254 e. The van der Waals surface area contributed by atoms with Crippen LogP contribution in [0.25, 0.3) is 0 Å². The molecule has 0 N–H and O–H groups in total. The molecule has 1 heterocycles. The number of Topliss-reactive ketones (excluding diaryl/α,β-unsaturated/α-hetero) is 1. The number of amidine groups is 1. The number of carbonyl (C=O) groups is 1. The van der Waals surface area contributed by atoms with Gasteiger partial charge < -0.3 is 4.84 Å². The summed E-state index contributed by atoms with van der Waals surface area (Å²) in [5, 5.41) is 4.00. The lowest BCUT2D eigenvalue weighted by molar-refractivity contribution is -0.111. The summed E-state index contributed by atoms with van der Waals surface area (Å²) in [4.78, 5) is 19.3. The van der Waals surface area contributed by atoms with Crippen LogP contribution < -0.4 is 4.90 Å². The summed E-state index contributed by atoms with van der Waals surface area (Å²) in [7, 11) is 0. The Balaban J connectivity index is 2.11. The van der Waals surface area contributed by atoms with E-state index in [2.05, 4.69) is 5.16 Å². The number of ketones is 1. The van der Waals surface area contributed by atoms with E-state index in [9.17, 15) is 4.79 Å². The first-order valence-electron chi connectivity index (χ1n) is 6.80. The molecule has 0 aromatic heterocycles. The highest BCUT2D eigenvalue weighted by atomic mass is 16.7. The Morgan fingerprint density at radius 1 is 1.10 bits per heavy atom. The zero-order valence-corrected chi connectivity index (χ0v) is 12.0. The van der Waals surface area contributed by atoms with Crippen molar-refractivity contribution < 1.29 is 9.63 Å². The van der Waals surface area contributed by atoms with Crippen LogP contribution in [0.5, 0.6) is 0 Å². The number of anilines is 1. The van der Waals surface area contributed by atoms with Gasteiger partial charge in [0.25, 0.3) is 5.72 Å². The predicted octanol–water partition coefficient (Wildman–Crippen LogP) is 3.11. The van der Waals surface area contributed by atoms with E-state index in [-0.39, 0.29) is 5.78 Å². The van der Waals surface area contributed by atoms with Crippen LogP contribution in [0.1, 0.15) is 12.5 Å². The van der Waals surface area contributed by atoms with Crippen LogP contribution >= 0.6 is 0 Å². The summed E-state index contributed by atoms with van der Waals surface area (Å²) >= 11 is 0. The maximum atomic E-state index is 11.9. The van der Waals surface area contributed by atoms with Gasteiger partial charge in [-0.15, -0.1) is 0 Å². The van der Waals surface area contributed by atoms with E-state index < -0.39 is 5.72 Å². The second-order valence-electron chi connectivity index (χ2n) is 5.09. The molecular weight excluding hydrogens is 264 g/mol. The van der Waals surface area contributed by atoms with Crippen LogP contribution in [0.2, 0.25) is 0 Å². The Hall–Kier alpha value is -2.62. The number of hydrogen-bond acceptors (Lipinski definition) is 4. The summed E-state index contributed by atoms with van der Waals surface area (Å²) in [6.07, 6.45) is 11.4. The van der Waals surface area contributed by atoms with Gasteiger partial charge in [0.15, 0.2) is 5.78 Å². The fourth-order valence-corrected chi connectivity index (χ4v) is 2.38. The lowest BCUT2D eigenvalue weighted by Gasteiger charge is -2.32. The Bertz CT molecular complexity index is 665. The molecule has 4 nitrogen and oxygen atoms in total. The number of carbonyl (C=O) groups excluding carboxylic acids is 1. The van der Waals surface area contributed by atoms with Crippen LogP contribution in [0, 0.1) is 6.92 Å². The van der Waals surface area contributed by atoms with Crippen molar-refractivity contribution in [3.63, 3.8) is 0 Å². The summed E-state index contributed by atoms with van der Waals surface area (Å²) < 4.78 is 0. The van der Waals surface area contributed by atoms with Gasteiger partial charge in [-0.3, -0.25) is 9.69 Å². The SMILES string of the molecule is CC(=O)C1=NOC2(C=CC=CC=C2)N1c1ccc(C)cc1. The van der Waals surface area contributed by atoms with Gasteiger partial charge >= 0.3 is 0 Å². The number of rotatable bonds is 2. The van der Waals surface area contributed by atoms with Gasteiger partial charge in [0.05, 0.1) is 0 Å². The topological polar surface area (TPSA) is 41.9 Å². The molecule has 106 valence electrons. The van der Waals surface area contributed by atoms with E-state index in [1.165, 1.54) is 6.92 Å². The van der Waals surface area contributed by atoms with Crippen LogP contribution in [0.4, 0.5) is 5.69 Å². The van der Waals surface area contributed by atoms with Gasteiger partial charge in [0.2, 0.25) is 5.84 Å². The lowest BCUT2D eigenvalue weighted by atomic mass is 10.1. The van der Waals surface area contributed by atoms with Crippen LogP contribution in [-0.2, 0) is 9.63 Å². The van der Waals surface area contributed by atoms with Gasteiger partial charge in [-0.05, 0) is 31.2 Å². The number of benzene rings is 1. The fourth-order valence-electron chi connectivity index (χ4n) is 2.38. The van der Waals surface area contributed by atoms with Crippen molar-refractivity contribution >= 4 is 17.3 Å². The van der Waals surface area contributed by atoms with Gasteiger partial charge in [0.1, 0.15) is 0 Å². The number of hydrogen-bond donors (Lipinski definition) is 0. The van der Waals surface area contributed by atoms with Crippen LogP contribution in [-0.4, -0.2) is 17.3 Å². The quantitative estimate of drug-likeness (QED) is 0.836. The molecule has 0 saturated carbocycles. The van der Waals surface area contributed by atoms with Gasteiger partial charge in [-0.25, -0.2) is 0 Å². The first-order valence-corrected chi connectivity index (χ1v) is 6.80. The Morgan fingerprint density at radius 3 is 2.29 bits per heavy atom. The largest absolute Gasteiger partial charge is 0.356 e. The van der Waals surface area contributed by atoms with Crippen molar-refractivity contribution in [1.29, 1.82) is 0 Å². The second-order valence-corrected chi connectivity index (χ2v) is 5.09.